The lowest BCUT2D eigenvalue weighted by atomic mass is 10.2. The topological polar surface area (TPSA) is 43.1 Å². The fraction of sp³-hybridized carbons (Fsp3) is 0.111. The molecule has 0 heterocycles. The molecule has 0 saturated carbocycles. The Morgan fingerprint density at radius 1 is 1.46 bits per heavy atom. The highest BCUT2D eigenvalue weighted by Gasteiger charge is 1.93. The minimum atomic E-state index is -0.455. The van der Waals surface area contributed by atoms with E-state index < -0.39 is 4.92 Å². The van der Waals surface area contributed by atoms with Crippen LogP contribution in [0.25, 0.3) is 0 Å². The van der Waals surface area contributed by atoms with Crippen LogP contribution < -0.4 is 0 Å². The first kappa shape index (κ1) is 9.75. The Morgan fingerprint density at radius 3 is 2.77 bits per heavy atom. The quantitative estimate of drug-likeness (QED) is 0.428. The van der Waals surface area contributed by atoms with Gasteiger partial charge in [-0.1, -0.05) is 18.1 Å². The van der Waals surface area contributed by atoms with Crippen LogP contribution in [0.5, 0.6) is 0 Å². The van der Waals surface area contributed by atoms with Crippen LogP contribution in [0.4, 0.5) is 0 Å². The van der Waals surface area contributed by atoms with Crippen molar-refractivity contribution in [3.05, 3.63) is 44.4 Å². The van der Waals surface area contributed by atoms with Gasteiger partial charge in [0.15, 0.2) is 0 Å². The molecule has 1 rings (SSSR count). The van der Waals surface area contributed by atoms with Gasteiger partial charge in [-0.15, -0.1) is 0 Å². The summed E-state index contributed by atoms with van der Waals surface area (Å²) < 4.78 is 0.853. The molecule has 13 heavy (non-hydrogen) atoms. The lowest BCUT2D eigenvalue weighted by Crippen LogP contribution is -1.96. The van der Waals surface area contributed by atoms with Crippen LogP contribution in [0.1, 0.15) is 5.56 Å². The van der Waals surface area contributed by atoms with Crippen LogP contribution in [0.2, 0.25) is 0 Å². The summed E-state index contributed by atoms with van der Waals surface area (Å²) in [5.41, 5.74) is 0.768. The van der Waals surface area contributed by atoms with Crippen LogP contribution in [0.15, 0.2) is 28.7 Å². The van der Waals surface area contributed by atoms with E-state index in [1.807, 2.05) is 18.2 Å². The molecular weight excluding hydrogens is 234 g/mol. The van der Waals surface area contributed by atoms with Gasteiger partial charge in [0.2, 0.25) is 0 Å². The van der Waals surface area contributed by atoms with E-state index in [2.05, 4.69) is 27.8 Å². The van der Waals surface area contributed by atoms with Crippen LogP contribution in [0, 0.1) is 22.0 Å². The number of hydrogen-bond donors (Lipinski definition) is 0. The number of nitrogens with zero attached hydrogens (tertiary/aromatic N) is 1. The van der Waals surface area contributed by atoms with Gasteiger partial charge < -0.3 is 0 Å². The van der Waals surface area contributed by atoms with E-state index in [0.717, 1.165) is 10.0 Å². The molecule has 66 valence electrons. The Morgan fingerprint density at radius 2 is 2.15 bits per heavy atom. The predicted molar refractivity (Wildman–Crippen MR) is 52.9 cm³/mol. The minimum absolute atomic E-state index is 0.318. The molecule has 0 aliphatic rings. The molecule has 3 nitrogen and oxygen atoms in total. The van der Waals surface area contributed by atoms with Gasteiger partial charge in [-0.3, -0.25) is 10.1 Å². The van der Waals surface area contributed by atoms with E-state index in [-0.39, 0.29) is 6.54 Å². The fourth-order valence-electron chi connectivity index (χ4n) is 0.762. The minimum Gasteiger partial charge on any atom is -0.264 e. The van der Waals surface area contributed by atoms with Crippen molar-refractivity contribution in [2.24, 2.45) is 0 Å². The van der Waals surface area contributed by atoms with Crippen LogP contribution >= 0.6 is 15.9 Å². The molecule has 0 unspecified atom stereocenters. The molecule has 0 spiro atoms. The van der Waals surface area contributed by atoms with Gasteiger partial charge in [0, 0.05) is 15.0 Å². The van der Waals surface area contributed by atoms with Crippen molar-refractivity contribution >= 4 is 15.9 Å². The second-order valence-electron chi connectivity index (χ2n) is 2.27. The normalized spacial score (nSPS) is 8.69. The molecule has 0 aliphatic heterocycles. The van der Waals surface area contributed by atoms with E-state index in [9.17, 15) is 10.1 Å². The van der Waals surface area contributed by atoms with Crippen LogP contribution in [-0.4, -0.2) is 11.5 Å². The van der Waals surface area contributed by atoms with Gasteiger partial charge in [0.25, 0.3) is 6.54 Å². The first-order valence-electron chi connectivity index (χ1n) is 3.55. The van der Waals surface area contributed by atoms with Gasteiger partial charge in [-0.25, -0.2) is 0 Å². The Balaban J connectivity index is 2.77. The smallest absolute Gasteiger partial charge is 0.263 e. The molecule has 0 saturated heterocycles. The standard InChI is InChI=1S/C9H6BrNO2/c10-9-6-2-1-4-8(9)5-3-7-11(12)13/h1-2,4,6H,7H2. The molecular formula is C9H6BrNO2. The summed E-state index contributed by atoms with van der Waals surface area (Å²) in [4.78, 5) is 9.51. The zero-order chi connectivity index (χ0) is 9.68. The van der Waals surface area contributed by atoms with Crippen LogP contribution in [0.3, 0.4) is 0 Å². The van der Waals surface area contributed by atoms with Gasteiger partial charge in [0.05, 0.1) is 0 Å². The molecule has 1 aromatic carbocycles. The summed E-state index contributed by atoms with van der Waals surface area (Å²) in [6.07, 6.45) is 0. The highest BCUT2D eigenvalue weighted by molar-refractivity contribution is 9.10. The summed E-state index contributed by atoms with van der Waals surface area (Å²) >= 11 is 3.29. The molecule has 0 amide bonds. The number of nitro groups is 1. The Hall–Kier alpha value is -1.34. The first-order valence-corrected chi connectivity index (χ1v) is 4.34. The molecule has 0 fully saturated rings. The number of rotatable bonds is 1. The molecule has 1 aromatic rings. The third-order valence-electron chi connectivity index (χ3n) is 1.31. The SMILES string of the molecule is O=[N+]([O-])CC#Cc1ccccc1Br. The van der Waals surface area contributed by atoms with Crippen molar-refractivity contribution in [1.82, 2.24) is 0 Å². The third-order valence-corrected chi connectivity index (χ3v) is 2.00. The number of halogens is 1. The van der Waals surface area contributed by atoms with Gasteiger partial charge in [-0.2, -0.15) is 0 Å². The van der Waals surface area contributed by atoms with Crippen LogP contribution in [-0.2, 0) is 0 Å². The van der Waals surface area contributed by atoms with E-state index in [0.29, 0.717) is 0 Å². The summed E-state index contributed by atoms with van der Waals surface area (Å²) in [7, 11) is 0. The summed E-state index contributed by atoms with van der Waals surface area (Å²) in [5, 5.41) is 9.97. The van der Waals surface area contributed by atoms with Gasteiger partial charge in [-0.05, 0) is 34.0 Å². The van der Waals surface area contributed by atoms with E-state index in [1.54, 1.807) is 6.07 Å². The molecule has 0 N–H and O–H groups in total. The van der Waals surface area contributed by atoms with Crippen molar-refractivity contribution < 1.29 is 4.92 Å². The monoisotopic (exact) mass is 239 g/mol. The van der Waals surface area contributed by atoms with Gasteiger partial charge in [0.1, 0.15) is 0 Å². The summed E-state index contributed by atoms with van der Waals surface area (Å²) in [6, 6.07) is 7.34. The van der Waals surface area contributed by atoms with Crippen molar-refractivity contribution in [3.8, 4) is 11.8 Å². The lowest BCUT2D eigenvalue weighted by molar-refractivity contribution is -0.466. The molecule has 0 bridgehead atoms. The fourth-order valence-corrected chi connectivity index (χ4v) is 1.15. The zero-order valence-electron chi connectivity index (χ0n) is 6.66. The van der Waals surface area contributed by atoms with Gasteiger partial charge >= 0.3 is 0 Å². The largest absolute Gasteiger partial charge is 0.264 e. The maximum absolute atomic E-state index is 9.97. The van der Waals surface area contributed by atoms with E-state index >= 15 is 0 Å². The lowest BCUT2D eigenvalue weighted by Gasteiger charge is -1.91. The van der Waals surface area contributed by atoms with E-state index in [4.69, 9.17) is 0 Å². The highest BCUT2D eigenvalue weighted by Crippen LogP contribution is 2.13. The Bertz CT molecular complexity index is 379. The first-order chi connectivity index (χ1) is 6.20. The number of benzene rings is 1. The zero-order valence-corrected chi connectivity index (χ0v) is 8.24. The molecule has 0 aromatic heterocycles. The molecule has 0 atom stereocenters. The summed E-state index contributed by atoms with van der Waals surface area (Å²) in [6.45, 7) is -0.318. The second-order valence-corrected chi connectivity index (χ2v) is 3.13. The molecule has 4 heteroatoms. The van der Waals surface area contributed by atoms with Crippen molar-refractivity contribution in [2.45, 2.75) is 0 Å². The highest BCUT2D eigenvalue weighted by atomic mass is 79.9. The molecule has 0 aliphatic carbocycles. The maximum atomic E-state index is 9.97. The van der Waals surface area contributed by atoms with E-state index in [1.165, 1.54) is 0 Å². The maximum Gasteiger partial charge on any atom is 0.263 e. The average molecular weight is 240 g/mol. The number of hydrogen-bond acceptors (Lipinski definition) is 2. The predicted octanol–water partition coefficient (Wildman–Crippen LogP) is 2.08. The average Bonchev–Trinajstić information content (AvgIpc) is 2.08. The Kier molecular flexibility index (Phi) is 3.47. The summed E-state index contributed by atoms with van der Waals surface area (Å²) in [5.74, 6) is 5.17. The second kappa shape index (κ2) is 4.63. The Labute approximate surface area is 84.0 Å². The molecule has 0 radical (unpaired) electrons. The van der Waals surface area contributed by atoms with Crippen molar-refractivity contribution in [1.29, 1.82) is 0 Å². The van der Waals surface area contributed by atoms with Crippen molar-refractivity contribution in [2.75, 3.05) is 6.54 Å². The third kappa shape index (κ3) is 3.26. The van der Waals surface area contributed by atoms with Crippen molar-refractivity contribution in [3.63, 3.8) is 0 Å².